The number of fused-ring (bicyclic) bond motifs is 1. The van der Waals surface area contributed by atoms with Crippen molar-refractivity contribution in [2.45, 2.75) is 26.5 Å². The number of pyridine rings is 1. The van der Waals surface area contributed by atoms with Gasteiger partial charge in [-0.05, 0) is 56.3 Å². The maximum atomic E-state index is 13.9. The topological polar surface area (TPSA) is 89.0 Å². The van der Waals surface area contributed by atoms with Crippen molar-refractivity contribution in [3.05, 3.63) is 90.0 Å². The van der Waals surface area contributed by atoms with Gasteiger partial charge in [0.25, 0.3) is 5.91 Å². The smallest absolute Gasteiger partial charge is 0.323 e. The molecule has 0 atom stereocenters. The molecule has 0 spiro atoms. The highest BCUT2D eigenvalue weighted by Gasteiger charge is 2.23. The first-order valence-electron chi connectivity index (χ1n) is 11.7. The number of rotatable bonds is 9. The Morgan fingerprint density at radius 3 is 2.36 bits per heavy atom. The molecule has 0 unspecified atom stereocenters. The summed E-state index contributed by atoms with van der Waals surface area (Å²) in [5, 5.41) is 10.3. The molecule has 7 nitrogen and oxygen atoms in total. The van der Waals surface area contributed by atoms with Crippen molar-refractivity contribution >= 4 is 22.8 Å². The first-order valence-corrected chi connectivity index (χ1v) is 11.7. The number of nitrogens with zero attached hydrogens (tertiary/aromatic N) is 2. The molecule has 1 N–H and O–H groups in total. The normalized spacial score (nSPS) is 10.9. The van der Waals surface area contributed by atoms with E-state index in [9.17, 15) is 14.7 Å². The second-order valence-corrected chi connectivity index (χ2v) is 8.63. The fourth-order valence-corrected chi connectivity index (χ4v) is 4.00. The lowest BCUT2D eigenvalue weighted by molar-refractivity contribution is -0.137. The molecule has 0 aliphatic carbocycles. The summed E-state index contributed by atoms with van der Waals surface area (Å²) in [7, 11) is 1.60. The fraction of sp³-hybridized carbons (Fsp3) is 0.207. The van der Waals surface area contributed by atoms with Gasteiger partial charge in [-0.25, -0.2) is 4.98 Å². The third kappa shape index (κ3) is 5.63. The summed E-state index contributed by atoms with van der Waals surface area (Å²) in [6, 6.07) is 23.8. The maximum absolute atomic E-state index is 13.9. The van der Waals surface area contributed by atoms with Gasteiger partial charge < -0.3 is 19.5 Å². The molecule has 0 fully saturated rings. The Morgan fingerprint density at radius 2 is 1.67 bits per heavy atom. The van der Waals surface area contributed by atoms with E-state index in [2.05, 4.69) is 0 Å². The molecule has 1 amide bonds. The van der Waals surface area contributed by atoms with E-state index < -0.39 is 18.4 Å². The number of carboxylic acid groups (broad SMARTS) is 1. The van der Waals surface area contributed by atoms with Gasteiger partial charge in [-0.2, -0.15) is 0 Å². The van der Waals surface area contributed by atoms with Crippen LogP contribution in [0.5, 0.6) is 11.5 Å². The van der Waals surface area contributed by atoms with E-state index in [1.165, 1.54) is 4.90 Å². The van der Waals surface area contributed by atoms with E-state index >= 15 is 0 Å². The minimum atomic E-state index is -1.10. The van der Waals surface area contributed by atoms with Crippen LogP contribution in [0.1, 0.15) is 29.8 Å². The summed E-state index contributed by atoms with van der Waals surface area (Å²) in [4.78, 5) is 31.7. The summed E-state index contributed by atoms with van der Waals surface area (Å²) < 4.78 is 11.1. The molecule has 0 aliphatic heterocycles. The molecule has 4 rings (SSSR count). The molecule has 0 saturated heterocycles. The van der Waals surface area contributed by atoms with Crippen LogP contribution >= 0.6 is 0 Å². The van der Waals surface area contributed by atoms with E-state index in [4.69, 9.17) is 14.5 Å². The monoisotopic (exact) mass is 484 g/mol. The average Bonchev–Trinajstić information content (AvgIpc) is 2.88. The van der Waals surface area contributed by atoms with E-state index in [1.54, 1.807) is 13.2 Å². The summed E-state index contributed by atoms with van der Waals surface area (Å²) in [6.45, 7) is 3.47. The number of carboxylic acids is 1. The molecule has 36 heavy (non-hydrogen) atoms. The van der Waals surface area contributed by atoms with Gasteiger partial charge in [0, 0.05) is 16.5 Å². The number of carbonyl (C=O) groups is 2. The van der Waals surface area contributed by atoms with Gasteiger partial charge in [-0.15, -0.1) is 0 Å². The molecule has 0 aliphatic rings. The molecule has 1 aromatic heterocycles. The highest BCUT2D eigenvalue weighted by Crippen LogP contribution is 2.28. The lowest BCUT2D eigenvalue weighted by Gasteiger charge is -2.24. The van der Waals surface area contributed by atoms with Crippen molar-refractivity contribution in [3.8, 4) is 22.8 Å². The standard InChI is InChI=1S/C29H28N2O5/c1-19(2)36-27-11-7-4-8-21(27)17-31(18-28(32)33)29(34)24-16-26(20-12-14-22(35-3)15-13-20)30-25-10-6-5-9-23(24)25/h4-16,19H,17-18H2,1-3H3,(H,32,33). The zero-order valence-electron chi connectivity index (χ0n) is 20.5. The quantitative estimate of drug-likeness (QED) is 0.341. The molecular weight excluding hydrogens is 456 g/mol. The molecule has 7 heteroatoms. The molecule has 0 bridgehead atoms. The Balaban J connectivity index is 1.78. The zero-order chi connectivity index (χ0) is 25.7. The van der Waals surface area contributed by atoms with E-state index in [0.29, 0.717) is 33.7 Å². The number of carbonyl (C=O) groups excluding carboxylic acids is 1. The molecule has 4 aromatic rings. The number of ether oxygens (including phenoxy) is 2. The molecule has 3 aromatic carbocycles. The predicted octanol–water partition coefficient (Wildman–Crippen LogP) is 5.42. The Kier molecular flexibility index (Phi) is 7.49. The molecule has 0 saturated carbocycles. The van der Waals surface area contributed by atoms with Gasteiger partial charge in [0.2, 0.25) is 0 Å². The third-order valence-electron chi connectivity index (χ3n) is 5.64. The van der Waals surface area contributed by atoms with E-state index in [0.717, 1.165) is 11.1 Å². The number of para-hydroxylation sites is 2. The second kappa shape index (κ2) is 10.9. The Labute approximate surface area is 209 Å². The van der Waals surface area contributed by atoms with Gasteiger partial charge in [-0.1, -0.05) is 36.4 Å². The van der Waals surface area contributed by atoms with Crippen LogP contribution in [0.2, 0.25) is 0 Å². The second-order valence-electron chi connectivity index (χ2n) is 8.63. The molecule has 0 radical (unpaired) electrons. The van der Waals surface area contributed by atoms with E-state index in [-0.39, 0.29) is 12.6 Å². The number of hydrogen-bond acceptors (Lipinski definition) is 5. The van der Waals surface area contributed by atoms with Crippen LogP contribution in [0, 0.1) is 0 Å². The zero-order valence-corrected chi connectivity index (χ0v) is 20.5. The van der Waals surface area contributed by atoms with Crippen LogP contribution in [0.15, 0.2) is 78.9 Å². The third-order valence-corrected chi connectivity index (χ3v) is 5.64. The van der Waals surface area contributed by atoms with Crippen molar-refractivity contribution in [2.75, 3.05) is 13.7 Å². The van der Waals surface area contributed by atoms with Crippen LogP contribution in [0.3, 0.4) is 0 Å². The van der Waals surface area contributed by atoms with Crippen LogP contribution in [0.4, 0.5) is 0 Å². The number of benzene rings is 3. The maximum Gasteiger partial charge on any atom is 0.323 e. The first kappa shape index (κ1) is 24.7. The van der Waals surface area contributed by atoms with Crippen molar-refractivity contribution in [1.29, 1.82) is 0 Å². The minimum absolute atomic E-state index is 0.0639. The molecule has 1 heterocycles. The predicted molar refractivity (Wildman–Crippen MR) is 138 cm³/mol. The van der Waals surface area contributed by atoms with Crippen LogP contribution in [0.25, 0.3) is 22.2 Å². The Morgan fingerprint density at radius 1 is 0.972 bits per heavy atom. The summed E-state index contributed by atoms with van der Waals surface area (Å²) >= 11 is 0. The number of aliphatic carboxylic acids is 1. The van der Waals surface area contributed by atoms with Gasteiger partial charge in [-0.3, -0.25) is 9.59 Å². The Hall–Kier alpha value is -4.39. The van der Waals surface area contributed by atoms with Crippen molar-refractivity contribution in [1.82, 2.24) is 9.88 Å². The van der Waals surface area contributed by atoms with Crippen LogP contribution < -0.4 is 9.47 Å². The van der Waals surface area contributed by atoms with Crippen molar-refractivity contribution in [3.63, 3.8) is 0 Å². The largest absolute Gasteiger partial charge is 0.497 e. The average molecular weight is 485 g/mol. The van der Waals surface area contributed by atoms with Gasteiger partial charge >= 0.3 is 5.97 Å². The van der Waals surface area contributed by atoms with Gasteiger partial charge in [0.15, 0.2) is 0 Å². The minimum Gasteiger partial charge on any atom is -0.497 e. The number of aromatic nitrogens is 1. The highest BCUT2D eigenvalue weighted by atomic mass is 16.5. The summed E-state index contributed by atoms with van der Waals surface area (Å²) in [6.07, 6.45) is -0.0639. The SMILES string of the molecule is COc1ccc(-c2cc(C(=O)N(CC(=O)O)Cc3ccccc3OC(C)C)c3ccccc3n2)cc1. The van der Waals surface area contributed by atoms with Crippen LogP contribution in [-0.4, -0.2) is 46.6 Å². The fourth-order valence-electron chi connectivity index (χ4n) is 4.00. The lowest BCUT2D eigenvalue weighted by Crippen LogP contribution is -2.35. The molecule has 184 valence electrons. The van der Waals surface area contributed by atoms with Crippen LogP contribution in [-0.2, 0) is 11.3 Å². The lowest BCUT2D eigenvalue weighted by atomic mass is 10.0. The van der Waals surface area contributed by atoms with E-state index in [1.807, 2.05) is 86.6 Å². The highest BCUT2D eigenvalue weighted by molar-refractivity contribution is 6.07. The van der Waals surface area contributed by atoms with Gasteiger partial charge in [0.05, 0.1) is 36.5 Å². The first-order chi connectivity index (χ1) is 17.4. The van der Waals surface area contributed by atoms with Crippen molar-refractivity contribution < 1.29 is 24.2 Å². The molecular formula is C29H28N2O5. The Bertz CT molecular complexity index is 1380. The number of methoxy groups -OCH3 is 1. The number of amides is 1. The summed E-state index contributed by atoms with van der Waals surface area (Å²) in [5.74, 6) is -0.163. The van der Waals surface area contributed by atoms with Crippen molar-refractivity contribution in [2.24, 2.45) is 0 Å². The summed E-state index contributed by atoms with van der Waals surface area (Å²) in [5.41, 5.74) is 3.19. The van der Waals surface area contributed by atoms with Gasteiger partial charge in [0.1, 0.15) is 18.0 Å². The number of hydrogen-bond donors (Lipinski definition) is 1.